The quantitative estimate of drug-likeness (QED) is 0.537. The maximum Gasteiger partial charge on any atom is 0.256 e. The van der Waals surface area contributed by atoms with E-state index >= 15 is 0 Å². The summed E-state index contributed by atoms with van der Waals surface area (Å²) in [5.41, 5.74) is 4.16. The fourth-order valence-corrected chi connectivity index (χ4v) is 3.58. The normalized spacial score (nSPS) is 19.1. The molecule has 0 bridgehead atoms. The van der Waals surface area contributed by atoms with Crippen LogP contribution in [0.1, 0.15) is 32.3 Å². The number of fused-ring (bicyclic) bond motifs is 1. The number of carbonyl (C=O) groups is 3. The zero-order valence-electron chi connectivity index (χ0n) is 17.2. The van der Waals surface area contributed by atoms with Gasteiger partial charge in [-0.15, -0.1) is 0 Å². The molecule has 0 saturated carbocycles. The van der Waals surface area contributed by atoms with Gasteiger partial charge in [-0.05, 0) is 49.3 Å². The van der Waals surface area contributed by atoms with Gasteiger partial charge >= 0.3 is 0 Å². The van der Waals surface area contributed by atoms with Crippen molar-refractivity contribution in [3.63, 3.8) is 0 Å². The van der Waals surface area contributed by atoms with E-state index < -0.39 is 5.82 Å². The van der Waals surface area contributed by atoms with Gasteiger partial charge in [0.2, 0.25) is 11.8 Å². The molecule has 4 N–H and O–H groups in total. The van der Waals surface area contributed by atoms with Crippen molar-refractivity contribution < 1.29 is 18.8 Å². The molecule has 1 atom stereocenters. The number of dihydropyridines is 1. The summed E-state index contributed by atoms with van der Waals surface area (Å²) in [7, 11) is 1.55. The van der Waals surface area contributed by atoms with Crippen LogP contribution in [0.25, 0.3) is 5.57 Å². The molecule has 0 aliphatic carbocycles. The van der Waals surface area contributed by atoms with Gasteiger partial charge in [-0.3, -0.25) is 14.4 Å². The van der Waals surface area contributed by atoms with E-state index in [1.165, 1.54) is 12.1 Å². The third-order valence-corrected chi connectivity index (χ3v) is 5.14. The van der Waals surface area contributed by atoms with E-state index in [1.54, 1.807) is 19.2 Å². The van der Waals surface area contributed by atoms with Gasteiger partial charge in [0.15, 0.2) is 0 Å². The molecule has 7 nitrogen and oxygen atoms in total. The predicted octanol–water partition coefficient (Wildman–Crippen LogP) is 2.00. The number of anilines is 1. The molecule has 158 valence electrons. The van der Waals surface area contributed by atoms with Gasteiger partial charge in [0.05, 0.1) is 12.5 Å². The maximum absolute atomic E-state index is 13.6. The number of allylic oxidation sites excluding steroid dienone is 2. The summed E-state index contributed by atoms with van der Waals surface area (Å²) in [6, 6.07) is 3.93. The van der Waals surface area contributed by atoms with Crippen LogP contribution < -0.4 is 21.3 Å². The Morgan fingerprint density at radius 3 is 2.70 bits per heavy atom. The van der Waals surface area contributed by atoms with Crippen LogP contribution in [0.3, 0.4) is 0 Å². The van der Waals surface area contributed by atoms with Crippen molar-refractivity contribution in [2.75, 3.05) is 18.9 Å². The number of halogens is 1. The van der Waals surface area contributed by atoms with Crippen LogP contribution in [-0.2, 0) is 14.4 Å². The smallest absolute Gasteiger partial charge is 0.256 e. The van der Waals surface area contributed by atoms with Crippen LogP contribution in [0.5, 0.6) is 0 Å². The summed E-state index contributed by atoms with van der Waals surface area (Å²) in [6.45, 7) is 4.06. The molecule has 0 saturated heterocycles. The molecule has 0 spiro atoms. The van der Waals surface area contributed by atoms with Crippen molar-refractivity contribution in [1.82, 2.24) is 16.0 Å². The Bertz CT molecular complexity index is 994. The standard InChI is InChI=1S/C22H25FN4O3/c1-12-8-15(10-18-17-9-14(23)4-5-19(17)27-22(18)30)26-13(2)16(12)11-21(29)25-7-6-20(28)24-3/h4-5,8-10,15,26H,6-7,11H2,1-3H3,(H,24,28)(H,25,29)(H,27,30)/b18-10-. The number of rotatable bonds is 6. The molecule has 0 radical (unpaired) electrons. The number of carbonyl (C=O) groups excluding carboxylic acids is 3. The molecular weight excluding hydrogens is 387 g/mol. The minimum Gasteiger partial charge on any atom is -0.379 e. The zero-order valence-corrected chi connectivity index (χ0v) is 17.2. The average Bonchev–Trinajstić information content (AvgIpc) is 2.99. The molecule has 0 aromatic heterocycles. The first-order valence-electron chi connectivity index (χ1n) is 9.74. The molecule has 8 heteroatoms. The minimum atomic E-state index is -0.403. The Kier molecular flexibility index (Phi) is 6.34. The zero-order chi connectivity index (χ0) is 21.8. The fraction of sp³-hybridized carbons (Fsp3) is 0.318. The Labute approximate surface area is 174 Å². The second-order valence-corrected chi connectivity index (χ2v) is 7.30. The lowest BCUT2D eigenvalue weighted by molar-refractivity contribution is -0.121. The van der Waals surface area contributed by atoms with Gasteiger partial charge in [0, 0.05) is 42.5 Å². The lowest BCUT2D eigenvalue weighted by Gasteiger charge is -2.25. The molecule has 30 heavy (non-hydrogen) atoms. The lowest BCUT2D eigenvalue weighted by Crippen LogP contribution is -2.32. The van der Waals surface area contributed by atoms with E-state index in [1.807, 2.05) is 19.9 Å². The van der Waals surface area contributed by atoms with Gasteiger partial charge in [0.25, 0.3) is 5.91 Å². The Balaban J connectivity index is 1.69. The number of amides is 3. The van der Waals surface area contributed by atoms with Gasteiger partial charge in [0.1, 0.15) is 5.82 Å². The highest BCUT2D eigenvalue weighted by Gasteiger charge is 2.26. The predicted molar refractivity (Wildman–Crippen MR) is 113 cm³/mol. The van der Waals surface area contributed by atoms with Crippen LogP contribution in [0.15, 0.2) is 47.2 Å². The first-order valence-corrected chi connectivity index (χ1v) is 9.74. The number of benzene rings is 1. The molecule has 3 rings (SSSR count). The summed E-state index contributed by atoms with van der Waals surface area (Å²) in [5, 5.41) is 11.3. The summed E-state index contributed by atoms with van der Waals surface area (Å²) in [6.07, 6.45) is 4.10. The largest absolute Gasteiger partial charge is 0.379 e. The van der Waals surface area contributed by atoms with Crippen molar-refractivity contribution in [2.45, 2.75) is 32.7 Å². The highest BCUT2D eigenvalue weighted by Crippen LogP contribution is 2.33. The molecule has 1 unspecified atom stereocenters. The second-order valence-electron chi connectivity index (χ2n) is 7.30. The average molecular weight is 412 g/mol. The number of hydrogen-bond acceptors (Lipinski definition) is 4. The van der Waals surface area contributed by atoms with Crippen LogP contribution in [0.2, 0.25) is 0 Å². The van der Waals surface area contributed by atoms with Crippen LogP contribution in [0.4, 0.5) is 10.1 Å². The third kappa shape index (κ3) is 4.76. The van der Waals surface area contributed by atoms with E-state index in [9.17, 15) is 18.8 Å². The monoisotopic (exact) mass is 412 g/mol. The molecule has 1 aromatic carbocycles. The molecule has 2 aliphatic rings. The van der Waals surface area contributed by atoms with Crippen molar-refractivity contribution in [2.24, 2.45) is 0 Å². The summed E-state index contributed by atoms with van der Waals surface area (Å²) < 4.78 is 13.6. The van der Waals surface area contributed by atoms with E-state index in [2.05, 4.69) is 21.3 Å². The van der Waals surface area contributed by atoms with Crippen molar-refractivity contribution in [1.29, 1.82) is 0 Å². The van der Waals surface area contributed by atoms with E-state index in [-0.39, 0.29) is 43.1 Å². The molecule has 0 fully saturated rings. The van der Waals surface area contributed by atoms with Crippen LogP contribution in [-0.4, -0.2) is 37.4 Å². The van der Waals surface area contributed by atoms with Crippen molar-refractivity contribution >= 4 is 29.0 Å². The topological polar surface area (TPSA) is 99.3 Å². The van der Waals surface area contributed by atoms with Crippen molar-refractivity contribution in [3.05, 3.63) is 58.6 Å². The van der Waals surface area contributed by atoms with E-state index in [0.29, 0.717) is 16.8 Å². The first-order chi connectivity index (χ1) is 14.3. The highest BCUT2D eigenvalue weighted by atomic mass is 19.1. The molecule has 2 heterocycles. The SMILES string of the molecule is CNC(=O)CCNC(=O)CC1=C(C)NC(/C=C2\C(=O)Nc3ccc(F)cc32)C=C1C. The number of hydrogen-bond donors (Lipinski definition) is 4. The molecule has 2 aliphatic heterocycles. The Morgan fingerprint density at radius 2 is 2.00 bits per heavy atom. The summed E-state index contributed by atoms with van der Waals surface area (Å²) in [5.74, 6) is -0.972. The lowest BCUT2D eigenvalue weighted by atomic mass is 9.94. The number of nitrogens with one attached hydrogen (secondary N) is 4. The summed E-state index contributed by atoms with van der Waals surface area (Å²) >= 11 is 0. The van der Waals surface area contributed by atoms with Crippen molar-refractivity contribution in [3.8, 4) is 0 Å². The first kappa shape index (κ1) is 21.3. The third-order valence-electron chi connectivity index (χ3n) is 5.14. The van der Waals surface area contributed by atoms with Crippen LogP contribution in [0, 0.1) is 5.82 Å². The summed E-state index contributed by atoms with van der Waals surface area (Å²) in [4.78, 5) is 35.8. The Morgan fingerprint density at radius 1 is 1.23 bits per heavy atom. The van der Waals surface area contributed by atoms with E-state index in [4.69, 9.17) is 0 Å². The maximum atomic E-state index is 13.6. The van der Waals surface area contributed by atoms with Gasteiger partial charge in [-0.25, -0.2) is 4.39 Å². The van der Waals surface area contributed by atoms with Gasteiger partial charge < -0.3 is 21.3 Å². The second kappa shape index (κ2) is 8.94. The molecule has 1 aromatic rings. The molecule has 3 amide bonds. The molecular formula is C22H25FN4O3. The van der Waals surface area contributed by atoms with E-state index in [0.717, 1.165) is 16.8 Å². The van der Waals surface area contributed by atoms with Gasteiger partial charge in [-0.1, -0.05) is 6.08 Å². The Hall–Kier alpha value is -3.42. The fourth-order valence-electron chi connectivity index (χ4n) is 3.58. The minimum absolute atomic E-state index is 0.130. The van der Waals surface area contributed by atoms with Gasteiger partial charge in [-0.2, -0.15) is 0 Å². The highest BCUT2D eigenvalue weighted by molar-refractivity contribution is 6.31. The van der Waals surface area contributed by atoms with Crippen LogP contribution >= 0.6 is 0 Å².